The third-order valence-corrected chi connectivity index (χ3v) is 6.48. The minimum atomic E-state index is -1.32. The summed E-state index contributed by atoms with van der Waals surface area (Å²) in [4.78, 5) is 49.0. The fourth-order valence-electron chi connectivity index (χ4n) is 3.22. The van der Waals surface area contributed by atoms with Gasteiger partial charge in [-0.3, -0.25) is 19.2 Å². The molecule has 0 aromatic heterocycles. The molecule has 0 bridgehead atoms. The molecular weight excluding hydrogens is 466 g/mol. The molecule has 6 atom stereocenters. The van der Waals surface area contributed by atoms with Crippen LogP contribution >= 0.6 is 0 Å². The van der Waals surface area contributed by atoms with E-state index in [0.717, 1.165) is 0 Å². The van der Waals surface area contributed by atoms with Gasteiger partial charge >= 0.3 is 23.9 Å². The van der Waals surface area contributed by atoms with Gasteiger partial charge in [0.2, 0.25) is 0 Å². The Balaban J connectivity index is 3.40. The van der Waals surface area contributed by atoms with Gasteiger partial charge in [-0.05, 0) is 50.3 Å². The normalized spacial score (nSPS) is 16.1. The predicted octanol–water partition coefficient (Wildman–Crippen LogP) is 4.45. The second kappa shape index (κ2) is 14.6. The lowest BCUT2D eigenvalue weighted by atomic mass is 9.87. The predicted molar refractivity (Wildman–Crippen MR) is 135 cm³/mol. The Morgan fingerprint density at radius 2 is 1.28 bits per heavy atom. The summed E-state index contributed by atoms with van der Waals surface area (Å²) in [7, 11) is 0. The Morgan fingerprint density at radius 3 is 1.75 bits per heavy atom. The first-order valence-electron chi connectivity index (χ1n) is 12.6. The highest BCUT2D eigenvalue weighted by atomic mass is 16.6. The third-order valence-electron chi connectivity index (χ3n) is 6.48. The van der Waals surface area contributed by atoms with Gasteiger partial charge < -0.3 is 25.1 Å². The molecule has 0 saturated heterocycles. The number of aliphatic carboxylic acids is 1. The van der Waals surface area contributed by atoms with Crippen LogP contribution in [0.2, 0.25) is 0 Å². The monoisotopic (exact) mass is 507 g/mol. The van der Waals surface area contributed by atoms with Gasteiger partial charge in [0.15, 0.2) is 11.5 Å². The minimum absolute atomic E-state index is 0.00120. The fourth-order valence-corrected chi connectivity index (χ4v) is 3.22. The number of esters is 3. The summed E-state index contributed by atoms with van der Waals surface area (Å²) >= 11 is 0. The summed E-state index contributed by atoms with van der Waals surface area (Å²) in [6.07, 6.45) is 1.25. The fraction of sp³-hybridized carbons (Fsp3) is 0.630. The van der Waals surface area contributed by atoms with E-state index in [1.54, 1.807) is 33.8 Å². The van der Waals surface area contributed by atoms with E-state index < -0.39 is 41.9 Å². The van der Waals surface area contributed by atoms with E-state index in [0.29, 0.717) is 24.8 Å². The Kier molecular flexibility index (Phi) is 12.6. The summed E-state index contributed by atoms with van der Waals surface area (Å²) in [6.45, 7) is 12.4. The van der Waals surface area contributed by atoms with Gasteiger partial charge in [-0.15, -0.1) is 0 Å². The SMILES string of the molecule is CCC(C)C(=O)Oc1ccc(C(CC(C)OC(=O)C(C)CC)[C@H](N)C(=O)O)cc1OC(=O)C(C)CC. The maximum atomic E-state index is 12.5. The quantitative estimate of drug-likeness (QED) is 0.276. The lowest BCUT2D eigenvalue weighted by Crippen LogP contribution is -2.38. The van der Waals surface area contributed by atoms with Crippen LogP contribution in [0, 0.1) is 17.8 Å². The van der Waals surface area contributed by atoms with E-state index in [1.165, 1.54) is 12.1 Å². The number of rotatable bonds is 14. The van der Waals surface area contributed by atoms with Gasteiger partial charge in [0.1, 0.15) is 6.04 Å². The maximum Gasteiger partial charge on any atom is 0.321 e. The summed E-state index contributed by atoms with van der Waals surface area (Å²) in [5, 5.41) is 9.63. The Labute approximate surface area is 213 Å². The molecule has 1 aromatic rings. The van der Waals surface area contributed by atoms with Gasteiger partial charge in [0.05, 0.1) is 23.9 Å². The van der Waals surface area contributed by atoms with E-state index in [9.17, 15) is 24.3 Å². The van der Waals surface area contributed by atoms with Crippen LogP contribution in [0.5, 0.6) is 11.5 Å². The average molecular weight is 508 g/mol. The second-order valence-electron chi connectivity index (χ2n) is 9.43. The summed E-state index contributed by atoms with van der Waals surface area (Å²) < 4.78 is 16.6. The molecule has 0 saturated carbocycles. The van der Waals surface area contributed by atoms with Crippen LogP contribution in [-0.2, 0) is 23.9 Å². The van der Waals surface area contributed by atoms with Crippen LogP contribution in [0.3, 0.4) is 0 Å². The van der Waals surface area contributed by atoms with Gasteiger partial charge in [0.25, 0.3) is 0 Å². The number of carboxylic acids is 1. The number of benzene rings is 1. The lowest BCUT2D eigenvalue weighted by Gasteiger charge is -2.26. The van der Waals surface area contributed by atoms with Crippen molar-refractivity contribution in [2.24, 2.45) is 23.5 Å². The van der Waals surface area contributed by atoms with Crippen molar-refractivity contribution < 1.29 is 38.5 Å². The molecule has 0 aliphatic carbocycles. The largest absolute Gasteiger partial charge is 0.480 e. The van der Waals surface area contributed by atoms with Crippen LogP contribution in [0.4, 0.5) is 0 Å². The number of ether oxygens (including phenoxy) is 3. The molecular formula is C27H41NO8. The Morgan fingerprint density at radius 1 is 0.806 bits per heavy atom. The molecule has 0 aliphatic heterocycles. The molecule has 9 nitrogen and oxygen atoms in total. The maximum absolute atomic E-state index is 12.5. The number of carboxylic acid groups (broad SMARTS) is 1. The van der Waals surface area contributed by atoms with Crippen molar-refractivity contribution in [1.29, 1.82) is 0 Å². The lowest BCUT2D eigenvalue weighted by molar-refractivity contribution is -0.153. The van der Waals surface area contributed by atoms with Crippen molar-refractivity contribution in [1.82, 2.24) is 0 Å². The van der Waals surface area contributed by atoms with Crippen LogP contribution in [0.25, 0.3) is 0 Å². The van der Waals surface area contributed by atoms with Gasteiger partial charge in [0, 0.05) is 5.92 Å². The van der Waals surface area contributed by atoms with Crippen molar-refractivity contribution in [2.75, 3.05) is 0 Å². The van der Waals surface area contributed by atoms with Crippen molar-refractivity contribution in [2.45, 2.75) is 92.2 Å². The van der Waals surface area contributed by atoms with E-state index >= 15 is 0 Å². The number of carbonyl (C=O) groups excluding carboxylic acids is 3. The second-order valence-corrected chi connectivity index (χ2v) is 9.43. The number of hydrogen-bond acceptors (Lipinski definition) is 8. The molecule has 1 rings (SSSR count). The van der Waals surface area contributed by atoms with Crippen molar-refractivity contribution in [3.8, 4) is 11.5 Å². The highest BCUT2D eigenvalue weighted by molar-refractivity contribution is 5.79. The van der Waals surface area contributed by atoms with Gasteiger partial charge in [-0.1, -0.05) is 47.6 Å². The molecule has 0 amide bonds. The van der Waals surface area contributed by atoms with Crippen LogP contribution in [-0.4, -0.2) is 41.1 Å². The highest BCUT2D eigenvalue weighted by Crippen LogP contribution is 2.35. The first-order chi connectivity index (χ1) is 16.9. The zero-order chi connectivity index (χ0) is 27.6. The minimum Gasteiger partial charge on any atom is -0.480 e. The van der Waals surface area contributed by atoms with Gasteiger partial charge in [-0.25, -0.2) is 0 Å². The molecule has 1 aromatic carbocycles. The average Bonchev–Trinajstić information content (AvgIpc) is 2.85. The molecule has 202 valence electrons. The first kappa shape index (κ1) is 31.1. The third kappa shape index (κ3) is 8.93. The Hall–Kier alpha value is -2.94. The molecule has 3 N–H and O–H groups in total. The zero-order valence-electron chi connectivity index (χ0n) is 22.4. The van der Waals surface area contributed by atoms with E-state index in [4.69, 9.17) is 19.9 Å². The molecule has 0 spiro atoms. The van der Waals surface area contributed by atoms with Crippen molar-refractivity contribution in [3.63, 3.8) is 0 Å². The number of hydrogen-bond donors (Lipinski definition) is 2. The molecule has 36 heavy (non-hydrogen) atoms. The molecule has 5 unspecified atom stereocenters. The number of carbonyl (C=O) groups is 4. The van der Waals surface area contributed by atoms with E-state index in [-0.39, 0.29) is 35.7 Å². The summed E-state index contributed by atoms with van der Waals surface area (Å²) in [5.74, 6) is -4.36. The zero-order valence-corrected chi connectivity index (χ0v) is 22.4. The highest BCUT2D eigenvalue weighted by Gasteiger charge is 2.31. The summed E-state index contributed by atoms with van der Waals surface area (Å²) in [6, 6.07) is 3.19. The van der Waals surface area contributed by atoms with Crippen molar-refractivity contribution in [3.05, 3.63) is 23.8 Å². The van der Waals surface area contributed by atoms with E-state index in [1.807, 2.05) is 20.8 Å². The molecule has 9 heteroatoms. The molecule has 0 heterocycles. The first-order valence-corrected chi connectivity index (χ1v) is 12.6. The standard InChI is InChI=1S/C27H41NO8/c1-8-15(4)25(31)34-18(7)13-20(23(28)24(29)30)19-11-12-21(35-26(32)16(5)9-2)22(14-19)36-27(33)17(6)10-3/h11-12,14-18,20,23H,8-10,13,28H2,1-7H3,(H,29,30)/t15?,16?,17?,18?,20?,23-/m0/s1. The van der Waals surface area contributed by atoms with Crippen LogP contribution in [0.15, 0.2) is 18.2 Å². The van der Waals surface area contributed by atoms with Gasteiger partial charge in [-0.2, -0.15) is 0 Å². The number of nitrogens with two attached hydrogens (primary N) is 1. The van der Waals surface area contributed by atoms with Crippen molar-refractivity contribution >= 4 is 23.9 Å². The van der Waals surface area contributed by atoms with Crippen LogP contribution < -0.4 is 15.2 Å². The van der Waals surface area contributed by atoms with E-state index in [2.05, 4.69) is 0 Å². The van der Waals surface area contributed by atoms with Crippen LogP contribution in [0.1, 0.15) is 85.6 Å². The Bertz CT molecular complexity index is 915. The molecule has 0 aliphatic rings. The molecule has 0 radical (unpaired) electrons. The molecule has 0 fully saturated rings. The smallest absolute Gasteiger partial charge is 0.321 e. The topological polar surface area (TPSA) is 142 Å². The summed E-state index contributed by atoms with van der Waals surface area (Å²) in [5.41, 5.74) is 6.47.